The molecule has 2 rings (SSSR count). The maximum Gasteiger partial charge on any atom is 0.152 e. The number of aromatic nitrogens is 1. The van der Waals surface area contributed by atoms with Crippen LogP contribution in [0, 0.1) is 0 Å². The zero-order valence-corrected chi connectivity index (χ0v) is 13.1. The first-order chi connectivity index (χ1) is 9.20. The van der Waals surface area contributed by atoms with Crippen molar-refractivity contribution >= 4 is 33.2 Å². The molecule has 2 nitrogen and oxygen atoms in total. The topological polar surface area (TPSA) is 24.9 Å². The van der Waals surface area contributed by atoms with E-state index in [2.05, 4.69) is 57.4 Å². The van der Waals surface area contributed by atoms with Crippen LogP contribution in [0.2, 0.25) is 5.15 Å². The fourth-order valence-corrected chi connectivity index (χ4v) is 2.50. The number of anilines is 1. The van der Waals surface area contributed by atoms with Crippen molar-refractivity contribution in [3.05, 3.63) is 57.8 Å². The number of pyridine rings is 1. The van der Waals surface area contributed by atoms with Crippen LogP contribution >= 0.6 is 27.5 Å². The quantitative estimate of drug-likeness (QED) is 0.733. The van der Waals surface area contributed by atoms with Crippen molar-refractivity contribution in [3.63, 3.8) is 0 Å². The molecule has 1 atom stereocenters. The van der Waals surface area contributed by atoms with Gasteiger partial charge in [-0.1, -0.05) is 55.3 Å². The molecule has 19 heavy (non-hydrogen) atoms. The maximum atomic E-state index is 6.13. The predicted octanol–water partition coefficient (Wildman–Crippen LogP) is 5.45. The summed E-state index contributed by atoms with van der Waals surface area (Å²) in [5, 5.41) is 3.98. The summed E-state index contributed by atoms with van der Waals surface area (Å²) in [6, 6.07) is 12.6. The largest absolute Gasteiger partial charge is 0.376 e. The molecule has 1 N–H and O–H groups in total. The van der Waals surface area contributed by atoms with Gasteiger partial charge in [-0.15, -0.1) is 0 Å². The summed E-state index contributed by atoms with van der Waals surface area (Å²) in [5.74, 6) is 0. The second-order valence-electron chi connectivity index (χ2n) is 4.39. The molecule has 2 aromatic rings. The van der Waals surface area contributed by atoms with Gasteiger partial charge in [0.15, 0.2) is 5.15 Å². The van der Waals surface area contributed by atoms with Gasteiger partial charge in [-0.25, -0.2) is 4.98 Å². The molecule has 1 aromatic heterocycles. The summed E-state index contributed by atoms with van der Waals surface area (Å²) in [7, 11) is 0. The highest BCUT2D eigenvalue weighted by atomic mass is 79.9. The van der Waals surface area contributed by atoms with Crippen LogP contribution in [0.5, 0.6) is 0 Å². The summed E-state index contributed by atoms with van der Waals surface area (Å²) < 4.78 is 0.919. The molecule has 0 aliphatic rings. The van der Waals surface area contributed by atoms with Gasteiger partial charge in [0.05, 0.1) is 11.7 Å². The molecular formula is C15H16BrClN2. The number of hydrogen-bond donors (Lipinski definition) is 1. The average molecular weight is 340 g/mol. The van der Waals surface area contributed by atoms with Crippen LogP contribution in [0.3, 0.4) is 0 Å². The fourth-order valence-electron chi connectivity index (χ4n) is 2.01. The Hall–Kier alpha value is -1.06. The van der Waals surface area contributed by atoms with Crippen LogP contribution in [0.4, 0.5) is 5.69 Å². The molecule has 0 aliphatic carbocycles. The minimum absolute atomic E-state index is 0.250. The lowest BCUT2D eigenvalue weighted by molar-refractivity contribution is 0.677. The van der Waals surface area contributed by atoms with Gasteiger partial charge in [0.25, 0.3) is 0 Å². The van der Waals surface area contributed by atoms with Crippen LogP contribution in [0.1, 0.15) is 31.4 Å². The molecule has 1 heterocycles. The average Bonchev–Trinajstić information content (AvgIpc) is 2.43. The van der Waals surface area contributed by atoms with Crippen LogP contribution < -0.4 is 5.32 Å². The predicted molar refractivity (Wildman–Crippen MR) is 84.7 cm³/mol. The molecule has 100 valence electrons. The van der Waals surface area contributed by atoms with Gasteiger partial charge < -0.3 is 5.32 Å². The Morgan fingerprint density at radius 2 is 2.05 bits per heavy atom. The number of rotatable bonds is 5. The van der Waals surface area contributed by atoms with E-state index in [1.165, 1.54) is 5.56 Å². The summed E-state index contributed by atoms with van der Waals surface area (Å²) in [6.07, 6.45) is 3.85. The van der Waals surface area contributed by atoms with Gasteiger partial charge in [-0.3, -0.25) is 0 Å². The molecule has 0 radical (unpaired) electrons. The zero-order chi connectivity index (χ0) is 13.7. The number of nitrogens with zero attached hydrogens (tertiary/aromatic N) is 1. The lowest BCUT2D eigenvalue weighted by atomic mass is 10.0. The van der Waals surface area contributed by atoms with Gasteiger partial charge in [0.2, 0.25) is 0 Å². The minimum Gasteiger partial charge on any atom is -0.376 e. The Balaban J connectivity index is 2.24. The van der Waals surface area contributed by atoms with Crippen LogP contribution in [0.25, 0.3) is 0 Å². The van der Waals surface area contributed by atoms with E-state index in [1.807, 2.05) is 12.1 Å². The minimum atomic E-state index is 0.250. The van der Waals surface area contributed by atoms with Crippen molar-refractivity contribution in [1.82, 2.24) is 4.98 Å². The highest BCUT2D eigenvalue weighted by Gasteiger charge is 2.12. The van der Waals surface area contributed by atoms with E-state index in [0.717, 1.165) is 23.0 Å². The molecule has 0 amide bonds. The first-order valence-electron chi connectivity index (χ1n) is 6.33. The van der Waals surface area contributed by atoms with E-state index in [4.69, 9.17) is 11.6 Å². The van der Waals surface area contributed by atoms with E-state index >= 15 is 0 Å². The number of halogens is 2. The Labute approximate surface area is 127 Å². The van der Waals surface area contributed by atoms with Gasteiger partial charge in [-0.05, 0) is 34.0 Å². The molecule has 0 aliphatic heterocycles. The molecule has 0 fully saturated rings. The Bertz CT molecular complexity index is 531. The lowest BCUT2D eigenvalue weighted by Crippen LogP contribution is -2.11. The maximum absolute atomic E-state index is 6.13. The highest BCUT2D eigenvalue weighted by molar-refractivity contribution is 9.10. The summed E-state index contributed by atoms with van der Waals surface area (Å²) in [4.78, 5) is 4.14. The van der Waals surface area contributed by atoms with Crippen molar-refractivity contribution in [3.8, 4) is 0 Å². The van der Waals surface area contributed by atoms with Crippen molar-refractivity contribution in [2.45, 2.75) is 25.8 Å². The third-order valence-electron chi connectivity index (χ3n) is 2.91. The Morgan fingerprint density at radius 1 is 1.32 bits per heavy atom. The number of nitrogens with one attached hydrogen (secondary N) is 1. The highest BCUT2D eigenvalue weighted by Crippen LogP contribution is 2.29. The van der Waals surface area contributed by atoms with E-state index in [1.54, 1.807) is 6.20 Å². The summed E-state index contributed by atoms with van der Waals surface area (Å²) in [6.45, 7) is 2.18. The van der Waals surface area contributed by atoms with Gasteiger partial charge in [0.1, 0.15) is 0 Å². The van der Waals surface area contributed by atoms with E-state index in [9.17, 15) is 0 Å². The molecule has 0 saturated carbocycles. The lowest BCUT2D eigenvalue weighted by Gasteiger charge is -2.20. The molecule has 4 heteroatoms. The van der Waals surface area contributed by atoms with E-state index in [0.29, 0.717) is 5.15 Å². The Kier molecular flexibility index (Phi) is 5.23. The monoisotopic (exact) mass is 338 g/mol. The van der Waals surface area contributed by atoms with Crippen molar-refractivity contribution in [2.24, 2.45) is 0 Å². The zero-order valence-electron chi connectivity index (χ0n) is 10.7. The van der Waals surface area contributed by atoms with Crippen LogP contribution in [-0.4, -0.2) is 4.98 Å². The second kappa shape index (κ2) is 6.92. The molecule has 1 unspecified atom stereocenters. The normalized spacial score (nSPS) is 12.2. The number of hydrogen-bond acceptors (Lipinski definition) is 2. The van der Waals surface area contributed by atoms with Gasteiger partial charge in [-0.2, -0.15) is 0 Å². The van der Waals surface area contributed by atoms with Crippen LogP contribution in [-0.2, 0) is 0 Å². The smallest absolute Gasteiger partial charge is 0.152 e. The van der Waals surface area contributed by atoms with E-state index in [-0.39, 0.29) is 6.04 Å². The van der Waals surface area contributed by atoms with Gasteiger partial charge >= 0.3 is 0 Å². The molecule has 0 spiro atoms. The Morgan fingerprint density at radius 3 is 2.74 bits per heavy atom. The first-order valence-corrected chi connectivity index (χ1v) is 7.50. The molecule has 0 bridgehead atoms. The van der Waals surface area contributed by atoms with Gasteiger partial charge in [0, 0.05) is 10.7 Å². The summed E-state index contributed by atoms with van der Waals surface area (Å²) in [5.41, 5.74) is 2.12. The summed E-state index contributed by atoms with van der Waals surface area (Å²) >= 11 is 9.55. The third kappa shape index (κ3) is 3.95. The van der Waals surface area contributed by atoms with Crippen molar-refractivity contribution < 1.29 is 0 Å². The van der Waals surface area contributed by atoms with Crippen molar-refractivity contribution in [1.29, 1.82) is 0 Å². The standard InChI is InChI=1S/C15H16BrClN2/c1-2-6-13(11-7-4-3-5-8-11)19-14-9-12(16)10-18-15(14)17/h3-5,7-10,13,19H,2,6H2,1H3. The van der Waals surface area contributed by atoms with E-state index < -0.39 is 0 Å². The molecule has 1 aromatic carbocycles. The molecule has 0 saturated heterocycles. The fraction of sp³-hybridized carbons (Fsp3) is 0.267. The first kappa shape index (κ1) is 14.4. The van der Waals surface area contributed by atoms with Crippen molar-refractivity contribution in [2.75, 3.05) is 5.32 Å². The SMILES string of the molecule is CCCC(Nc1cc(Br)cnc1Cl)c1ccccc1. The number of benzene rings is 1. The second-order valence-corrected chi connectivity index (χ2v) is 5.66. The third-order valence-corrected chi connectivity index (χ3v) is 3.65. The molecular weight excluding hydrogens is 324 g/mol. The van der Waals surface area contributed by atoms with Crippen LogP contribution in [0.15, 0.2) is 47.1 Å².